The highest BCUT2D eigenvalue weighted by Gasteiger charge is 2.42. The summed E-state index contributed by atoms with van der Waals surface area (Å²) in [6, 6.07) is 23.9. The van der Waals surface area contributed by atoms with Crippen molar-refractivity contribution in [3.05, 3.63) is 90.5 Å². The van der Waals surface area contributed by atoms with Crippen LogP contribution in [0.4, 0.5) is 10.5 Å². The number of aliphatic hydroxyl groups is 1. The molecule has 37 heavy (non-hydrogen) atoms. The molecule has 0 radical (unpaired) electrons. The van der Waals surface area contributed by atoms with Gasteiger partial charge in [0.1, 0.15) is 17.1 Å². The maximum Gasteiger partial charge on any atom is 0.453 e. The maximum atomic E-state index is 14.4. The summed E-state index contributed by atoms with van der Waals surface area (Å²) < 4.78 is 31.6. The van der Waals surface area contributed by atoms with E-state index in [1.165, 1.54) is 0 Å². The van der Waals surface area contributed by atoms with E-state index in [9.17, 15) is 14.5 Å². The molecule has 0 aliphatic rings. The summed E-state index contributed by atoms with van der Waals surface area (Å²) in [4.78, 5) is 12.8. The maximum absolute atomic E-state index is 14.4. The Kier molecular flexibility index (Phi) is 9.16. The minimum absolute atomic E-state index is 0.0476. The number of para-hydroxylation sites is 2. The number of anilines is 1. The largest absolute Gasteiger partial charge is 0.453 e. The molecule has 0 saturated carbocycles. The highest BCUT2D eigenvalue weighted by molar-refractivity contribution is 7.55. The Morgan fingerprint density at radius 3 is 1.95 bits per heavy atom. The van der Waals surface area contributed by atoms with Crippen molar-refractivity contribution in [3.8, 4) is 11.5 Å². The molecule has 0 fully saturated rings. The molecular weight excluding hydrogens is 495 g/mol. The minimum atomic E-state index is -4.15. The Balaban J connectivity index is 1.97. The summed E-state index contributed by atoms with van der Waals surface area (Å²) in [7, 11) is -4.15. The molecule has 11 heteroatoms. The molecule has 0 aliphatic carbocycles. The lowest BCUT2D eigenvalue weighted by atomic mass is 10.1. The van der Waals surface area contributed by atoms with Crippen molar-refractivity contribution in [2.45, 2.75) is 31.7 Å². The predicted octanol–water partition coefficient (Wildman–Crippen LogP) is 4.71. The van der Waals surface area contributed by atoms with Crippen LogP contribution in [-0.2, 0) is 15.7 Å². The van der Waals surface area contributed by atoms with Crippen LogP contribution in [0.25, 0.3) is 0 Å². The first-order valence-electron chi connectivity index (χ1n) is 11.5. The zero-order valence-corrected chi connectivity index (χ0v) is 21.5. The first-order chi connectivity index (χ1) is 17.6. The van der Waals surface area contributed by atoms with Gasteiger partial charge in [-0.1, -0.05) is 48.5 Å². The molecule has 3 rings (SSSR count). The fourth-order valence-corrected chi connectivity index (χ4v) is 5.02. The van der Waals surface area contributed by atoms with Crippen LogP contribution in [0.15, 0.2) is 84.9 Å². The van der Waals surface area contributed by atoms with Crippen LogP contribution in [0.2, 0.25) is 0 Å². The van der Waals surface area contributed by atoms with E-state index in [1.54, 1.807) is 98.8 Å². The Labute approximate surface area is 215 Å². The Morgan fingerprint density at radius 1 is 0.973 bits per heavy atom. The van der Waals surface area contributed by atoms with E-state index in [2.05, 4.69) is 10.6 Å². The molecule has 0 aliphatic heterocycles. The third-order valence-electron chi connectivity index (χ3n) is 5.03. The van der Waals surface area contributed by atoms with E-state index >= 15 is 0 Å². The molecule has 1 amide bonds. The van der Waals surface area contributed by atoms with Gasteiger partial charge in [0.2, 0.25) is 0 Å². The van der Waals surface area contributed by atoms with Crippen molar-refractivity contribution in [1.82, 2.24) is 5.32 Å². The van der Waals surface area contributed by atoms with Gasteiger partial charge in [0.15, 0.2) is 11.7 Å². The average molecular weight is 527 g/mol. The molecule has 196 valence electrons. The van der Waals surface area contributed by atoms with Crippen molar-refractivity contribution >= 4 is 25.3 Å². The molecule has 3 aromatic carbocycles. The summed E-state index contributed by atoms with van der Waals surface area (Å²) in [5, 5.41) is 22.2. The van der Waals surface area contributed by atoms with E-state index in [0.717, 1.165) is 0 Å². The SMILES string of the molecule is CC(C)(CO)OC(=O)NC(Cc1ccc(NC(=N)N)cc1)P(=O)(Oc1ccccc1)Oc1ccccc1. The zero-order chi connectivity index (χ0) is 26.9. The number of aliphatic hydroxyl groups excluding tert-OH is 1. The van der Waals surface area contributed by atoms with E-state index in [4.69, 9.17) is 24.9 Å². The van der Waals surface area contributed by atoms with Crippen LogP contribution in [0.3, 0.4) is 0 Å². The van der Waals surface area contributed by atoms with Gasteiger partial charge in [-0.05, 0) is 55.8 Å². The third-order valence-corrected chi connectivity index (χ3v) is 7.04. The van der Waals surface area contributed by atoms with Gasteiger partial charge in [-0.25, -0.2) is 9.36 Å². The molecule has 10 nitrogen and oxygen atoms in total. The van der Waals surface area contributed by atoms with Crippen molar-refractivity contribution in [1.29, 1.82) is 5.41 Å². The zero-order valence-electron chi connectivity index (χ0n) is 20.6. The smallest absolute Gasteiger partial charge is 0.441 e. The summed E-state index contributed by atoms with van der Waals surface area (Å²) in [5.74, 6) is -0.808. The van der Waals surface area contributed by atoms with Gasteiger partial charge in [0.05, 0.1) is 6.61 Å². The van der Waals surface area contributed by atoms with Gasteiger partial charge in [0, 0.05) is 12.1 Å². The van der Waals surface area contributed by atoms with Gasteiger partial charge < -0.3 is 35.3 Å². The van der Waals surface area contributed by atoms with Gasteiger partial charge >= 0.3 is 13.7 Å². The first-order valence-corrected chi connectivity index (χ1v) is 13.1. The second kappa shape index (κ2) is 12.3. The van der Waals surface area contributed by atoms with E-state index in [-0.39, 0.29) is 12.4 Å². The standard InChI is InChI=1S/C26H31N4O6P/c1-26(2,18-31)34-25(32)30-23(17-19-13-15-20(16-14-19)29-24(27)28)37(33,35-21-9-5-3-6-10-21)36-22-11-7-4-8-12-22/h3-16,23,31H,17-18H2,1-2H3,(H,30,32)(H4,27,28,29). The van der Waals surface area contributed by atoms with E-state index in [1.807, 2.05) is 0 Å². The topological polar surface area (TPSA) is 156 Å². The normalized spacial score (nSPS) is 12.2. The van der Waals surface area contributed by atoms with Crippen molar-refractivity contribution < 1.29 is 28.3 Å². The number of nitrogens with one attached hydrogen (secondary N) is 3. The summed E-state index contributed by atoms with van der Waals surface area (Å²) in [6.07, 6.45) is -0.848. The van der Waals surface area contributed by atoms with Gasteiger partial charge in [-0.15, -0.1) is 0 Å². The number of hydrogen-bond acceptors (Lipinski definition) is 7. The monoisotopic (exact) mass is 526 g/mol. The number of nitrogens with two attached hydrogens (primary N) is 1. The molecule has 0 saturated heterocycles. The lowest BCUT2D eigenvalue weighted by Crippen LogP contribution is -2.43. The fraction of sp³-hybridized carbons (Fsp3) is 0.231. The van der Waals surface area contributed by atoms with Gasteiger partial charge in [-0.2, -0.15) is 0 Å². The number of carbonyl (C=O) groups is 1. The number of ether oxygens (including phenoxy) is 1. The van der Waals surface area contributed by atoms with Crippen molar-refractivity contribution in [2.24, 2.45) is 5.73 Å². The van der Waals surface area contributed by atoms with Crippen LogP contribution < -0.4 is 25.4 Å². The molecule has 0 aromatic heterocycles. The van der Waals surface area contributed by atoms with Crippen LogP contribution in [0, 0.1) is 5.41 Å². The van der Waals surface area contributed by atoms with Crippen LogP contribution in [0.5, 0.6) is 11.5 Å². The highest BCUT2D eigenvalue weighted by Crippen LogP contribution is 2.53. The Hall–Kier alpha value is -4.01. The number of guanidine groups is 1. The number of carbonyl (C=O) groups excluding carboxylic acids is 1. The van der Waals surface area contributed by atoms with Crippen LogP contribution >= 0.6 is 7.60 Å². The Morgan fingerprint density at radius 2 is 1.49 bits per heavy atom. The van der Waals surface area contributed by atoms with Crippen LogP contribution in [0.1, 0.15) is 19.4 Å². The number of rotatable bonds is 11. The minimum Gasteiger partial charge on any atom is -0.441 e. The van der Waals surface area contributed by atoms with Gasteiger partial charge in [-0.3, -0.25) is 5.41 Å². The van der Waals surface area contributed by atoms with Gasteiger partial charge in [0.25, 0.3) is 0 Å². The molecule has 0 spiro atoms. The molecule has 0 heterocycles. The molecular formula is C26H31N4O6P. The number of benzene rings is 3. The summed E-state index contributed by atoms with van der Waals surface area (Å²) in [6.45, 7) is 2.68. The molecule has 6 N–H and O–H groups in total. The Bertz CT molecular complexity index is 1180. The highest BCUT2D eigenvalue weighted by atomic mass is 31.2. The molecule has 1 unspecified atom stereocenters. The summed E-state index contributed by atoms with van der Waals surface area (Å²) >= 11 is 0. The second-order valence-electron chi connectivity index (χ2n) is 8.76. The third kappa shape index (κ3) is 8.56. The number of amides is 1. The fourth-order valence-electron chi connectivity index (χ4n) is 3.20. The molecule has 0 bridgehead atoms. The number of hydrogen-bond donors (Lipinski definition) is 5. The average Bonchev–Trinajstić information content (AvgIpc) is 2.85. The quantitative estimate of drug-likeness (QED) is 0.137. The molecule has 3 aromatic rings. The first kappa shape index (κ1) is 27.6. The summed E-state index contributed by atoms with van der Waals surface area (Å²) in [5.41, 5.74) is 5.50. The van der Waals surface area contributed by atoms with Crippen molar-refractivity contribution in [3.63, 3.8) is 0 Å². The second-order valence-corrected chi connectivity index (χ2v) is 10.8. The predicted molar refractivity (Wildman–Crippen MR) is 142 cm³/mol. The lowest BCUT2D eigenvalue weighted by Gasteiger charge is -2.30. The van der Waals surface area contributed by atoms with Crippen LogP contribution in [-0.4, -0.2) is 35.2 Å². The van der Waals surface area contributed by atoms with E-state index < -0.39 is 31.7 Å². The van der Waals surface area contributed by atoms with Crippen molar-refractivity contribution in [2.75, 3.05) is 11.9 Å². The lowest BCUT2D eigenvalue weighted by molar-refractivity contribution is -0.00397. The number of alkyl carbamates (subject to hydrolysis) is 1. The van der Waals surface area contributed by atoms with E-state index in [0.29, 0.717) is 22.7 Å². The molecule has 1 atom stereocenters.